The Bertz CT molecular complexity index is 185. The first-order chi connectivity index (χ1) is 7.13. The fourth-order valence-electron chi connectivity index (χ4n) is 1.86. The van der Waals surface area contributed by atoms with Crippen molar-refractivity contribution < 1.29 is 15.0 Å². The van der Waals surface area contributed by atoms with Crippen LogP contribution in [0.15, 0.2) is 0 Å². The first-order valence-corrected chi connectivity index (χ1v) is 5.67. The summed E-state index contributed by atoms with van der Waals surface area (Å²) in [5, 5.41) is 17.8. The number of aliphatic hydroxyl groups is 1. The van der Waals surface area contributed by atoms with Gasteiger partial charge in [-0.25, -0.2) is 0 Å². The lowest BCUT2D eigenvalue weighted by atomic mass is 9.79. The monoisotopic (exact) mass is 217 g/mol. The molecule has 90 valence electrons. The van der Waals surface area contributed by atoms with E-state index in [4.69, 9.17) is 10.8 Å². The maximum atomic E-state index is 11.2. The summed E-state index contributed by atoms with van der Waals surface area (Å²) < 4.78 is 0. The van der Waals surface area contributed by atoms with Crippen molar-refractivity contribution in [3.05, 3.63) is 0 Å². The molecular weight excluding hydrogens is 194 g/mol. The number of rotatable bonds is 9. The molecule has 0 amide bonds. The van der Waals surface area contributed by atoms with Crippen LogP contribution in [-0.4, -0.2) is 29.3 Å². The molecule has 0 spiro atoms. The molecule has 15 heavy (non-hydrogen) atoms. The Morgan fingerprint density at radius 2 is 1.93 bits per heavy atom. The van der Waals surface area contributed by atoms with Crippen molar-refractivity contribution in [2.24, 2.45) is 11.1 Å². The number of aliphatic carboxylic acids is 1. The van der Waals surface area contributed by atoms with Gasteiger partial charge in [-0.3, -0.25) is 4.79 Å². The van der Waals surface area contributed by atoms with Gasteiger partial charge in [0.25, 0.3) is 0 Å². The standard InChI is InChI=1S/C11H23NO3/c1-2-6-11(9-12,10(14)15)7-4-3-5-8-13/h13H,2-9,12H2,1H3,(H,14,15). The predicted molar refractivity (Wildman–Crippen MR) is 59.6 cm³/mol. The molecule has 0 saturated carbocycles. The predicted octanol–water partition coefficient (Wildman–Crippen LogP) is 1.37. The summed E-state index contributed by atoms with van der Waals surface area (Å²) in [6.07, 6.45) is 4.53. The van der Waals surface area contributed by atoms with Crippen molar-refractivity contribution >= 4 is 5.97 Å². The second kappa shape index (κ2) is 7.65. The molecule has 1 unspecified atom stereocenters. The summed E-state index contributed by atoms with van der Waals surface area (Å²) in [6, 6.07) is 0. The van der Waals surface area contributed by atoms with Gasteiger partial charge in [0.1, 0.15) is 0 Å². The average molecular weight is 217 g/mol. The number of hydrogen-bond donors (Lipinski definition) is 3. The lowest BCUT2D eigenvalue weighted by molar-refractivity contribution is -0.149. The molecule has 4 N–H and O–H groups in total. The fraction of sp³-hybridized carbons (Fsp3) is 0.909. The number of carboxylic acid groups (broad SMARTS) is 1. The third-order valence-corrected chi connectivity index (χ3v) is 2.89. The van der Waals surface area contributed by atoms with Gasteiger partial charge in [0.2, 0.25) is 0 Å². The van der Waals surface area contributed by atoms with Crippen LogP contribution in [0.25, 0.3) is 0 Å². The molecule has 0 aliphatic heterocycles. The van der Waals surface area contributed by atoms with E-state index >= 15 is 0 Å². The van der Waals surface area contributed by atoms with E-state index in [1.807, 2.05) is 6.92 Å². The Kier molecular flexibility index (Phi) is 7.34. The third kappa shape index (κ3) is 4.62. The van der Waals surface area contributed by atoms with Crippen molar-refractivity contribution in [3.8, 4) is 0 Å². The first kappa shape index (κ1) is 14.4. The number of unbranched alkanes of at least 4 members (excludes halogenated alkanes) is 2. The van der Waals surface area contributed by atoms with Crippen molar-refractivity contribution in [3.63, 3.8) is 0 Å². The highest BCUT2D eigenvalue weighted by Gasteiger charge is 2.35. The second-order valence-corrected chi connectivity index (χ2v) is 4.07. The quantitative estimate of drug-likeness (QED) is 0.509. The van der Waals surface area contributed by atoms with Gasteiger partial charge in [-0.15, -0.1) is 0 Å². The normalized spacial score (nSPS) is 14.9. The van der Waals surface area contributed by atoms with Gasteiger partial charge < -0.3 is 15.9 Å². The summed E-state index contributed by atoms with van der Waals surface area (Å²) in [4.78, 5) is 11.2. The lowest BCUT2D eigenvalue weighted by Crippen LogP contribution is -2.38. The van der Waals surface area contributed by atoms with E-state index in [0.717, 1.165) is 25.7 Å². The van der Waals surface area contributed by atoms with E-state index in [1.54, 1.807) is 0 Å². The van der Waals surface area contributed by atoms with Crippen molar-refractivity contribution in [1.82, 2.24) is 0 Å². The molecule has 0 aliphatic rings. The first-order valence-electron chi connectivity index (χ1n) is 5.67. The smallest absolute Gasteiger partial charge is 0.310 e. The Labute approximate surface area is 91.5 Å². The van der Waals surface area contributed by atoms with Crippen LogP contribution in [0.1, 0.15) is 45.4 Å². The molecule has 0 heterocycles. The Morgan fingerprint density at radius 1 is 1.27 bits per heavy atom. The summed E-state index contributed by atoms with van der Waals surface area (Å²) in [7, 11) is 0. The zero-order valence-electron chi connectivity index (χ0n) is 9.54. The average Bonchev–Trinajstić information content (AvgIpc) is 2.22. The Balaban J connectivity index is 4.16. The zero-order chi connectivity index (χ0) is 11.7. The van der Waals surface area contributed by atoms with E-state index in [0.29, 0.717) is 12.8 Å². The van der Waals surface area contributed by atoms with E-state index in [9.17, 15) is 9.90 Å². The highest BCUT2D eigenvalue weighted by atomic mass is 16.4. The van der Waals surface area contributed by atoms with Crippen LogP contribution < -0.4 is 5.73 Å². The molecular formula is C11H23NO3. The van der Waals surface area contributed by atoms with E-state index in [-0.39, 0.29) is 13.2 Å². The van der Waals surface area contributed by atoms with Crippen LogP contribution >= 0.6 is 0 Å². The Hall–Kier alpha value is -0.610. The summed E-state index contributed by atoms with van der Waals surface area (Å²) >= 11 is 0. The van der Waals surface area contributed by atoms with Gasteiger partial charge in [-0.2, -0.15) is 0 Å². The zero-order valence-corrected chi connectivity index (χ0v) is 9.54. The largest absolute Gasteiger partial charge is 0.481 e. The molecule has 0 rings (SSSR count). The minimum atomic E-state index is -0.782. The van der Waals surface area contributed by atoms with Gasteiger partial charge in [0.15, 0.2) is 0 Å². The van der Waals surface area contributed by atoms with Gasteiger partial charge in [0, 0.05) is 13.2 Å². The van der Waals surface area contributed by atoms with Crippen LogP contribution in [0.4, 0.5) is 0 Å². The molecule has 0 saturated heterocycles. The van der Waals surface area contributed by atoms with E-state index < -0.39 is 11.4 Å². The van der Waals surface area contributed by atoms with Crippen LogP contribution in [0.5, 0.6) is 0 Å². The molecule has 0 aromatic heterocycles. The third-order valence-electron chi connectivity index (χ3n) is 2.89. The summed E-state index contributed by atoms with van der Waals surface area (Å²) in [6.45, 7) is 2.35. The minimum Gasteiger partial charge on any atom is -0.481 e. The van der Waals surface area contributed by atoms with Crippen LogP contribution in [0, 0.1) is 5.41 Å². The number of hydrogen-bond acceptors (Lipinski definition) is 3. The maximum absolute atomic E-state index is 11.2. The van der Waals surface area contributed by atoms with Crippen LogP contribution in [0.3, 0.4) is 0 Å². The Morgan fingerprint density at radius 3 is 2.33 bits per heavy atom. The number of aliphatic hydroxyl groups excluding tert-OH is 1. The van der Waals surface area contributed by atoms with Gasteiger partial charge in [0.05, 0.1) is 5.41 Å². The molecule has 0 aromatic carbocycles. The highest BCUT2D eigenvalue weighted by Crippen LogP contribution is 2.29. The van der Waals surface area contributed by atoms with E-state index in [2.05, 4.69) is 0 Å². The van der Waals surface area contributed by atoms with Crippen molar-refractivity contribution in [2.45, 2.75) is 45.4 Å². The minimum absolute atomic E-state index is 0.177. The van der Waals surface area contributed by atoms with Crippen molar-refractivity contribution in [1.29, 1.82) is 0 Å². The van der Waals surface area contributed by atoms with Crippen molar-refractivity contribution in [2.75, 3.05) is 13.2 Å². The topological polar surface area (TPSA) is 83.5 Å². The molecule has 1 atom stereocenters. The molecule has 0 fully saturated rings. The molecule has 4 heteroatoms. The maximum Gasteiger partial charge on any atom is 0.310 e. The molecule has 0 radical (unpaired) electrons. The van der Waals surface area contributed by atoms with Crippen LogP contribution in [0.2, 0.25) is 0 Å². The number of carboxylic acids is 1. The molecule has 0 aliphatic carbocycles. The van der Waals surface area contributed by atoms with Gasteiger partial charge in [-0.05, 0) is 19.3 Å². The number of carbonyl (C=O) groups is 1. The molecule has 4 nitrogen and oxygen atoms in total. The number of nitrogens with two attached hydrogens (primary N) is 1. The van der Waals surface area contributed by atoms with Crippen LogP contribution in [-0.2, 0) is 4.79 Å². The van der Waals surface area contributed by atoms with E-state index in [1.165, 1.54) is 0 Å². The summed E-state index contributed by atoms with van der Waals surface area (Å²) in [5.41, 5.74) is 4.83. The highest BCUT2D eigenvalue weighted by molar-refractivity contribution is 5.74. The second-order valence-electron chi connectivity index (χ2n) is 4.07. The fourth-order valence-corrected chi connectivity index (χ4v) is 1.86. The summed E-state index contributed by atoms with van der Waals surface area (Å²) in [5.74, 6) is -0.782. The van der Waals surface area contributed by atoms with Gasteiger partial charge in [-0.1, -0.05) is 26.2 Å². The lowest BCUT2D eigenvalue weighted by Gasteiger charge is -2.27. The molecule has 0 aromatic rings. The van der Waals surface area contributed by atoms with Gasteiger partial charge >= 0.3 is 5.97 Å². The molecule has 0 bridgehead atoms. The SMILES string of the molecule is CCCC(CN)(CCCCCO)C(=O)O.